The van der Waals surface area contributed by atoms with Crippen LogP contribution in [0.15, 0.2) is 48.5 Å². The molecule has 2 atom stereocenters. The monoisotopic (exact) mass is 434 g/mol. The lowest BCUT2D eigenvalue weighted by molar-refractivity contribution is 0.0791. The zero-order chi connectivity index (χ0) is 21.7. The van der Waals surface area contributed by atoms with Crippen molar-refractivity contribution >= 4 is 21.6 Å². The number of amides is 1. The van der Waals surface area contributed by atoms with Gasteiger partial charge < -0.3 is 4.90 Å². The predicted octanol–water partition coefficient (Wildman–Crippen LogP) is 2.66. The summed E-state index contributed by atoms with van der Waals surface area (Å²) in [7, 11) is -1.66. The van der Waals surface area contributed by atoms with Crippen LogP contribution in [0.3, 0.4) is 0 Å². The van der Waals surface area contributed by atoms with Gasteiger partial charge in [-0.25, -0.2) is 12.8 Å². The Bertz CT molecular complexity index is 982. The molecule has 2 aromatic carbocycles. The van der Waals surface area contributed by atoms with E-state index in [9.17, 15) is 17.6 Å². The summed E-state index contributed by atoms with van der Waals surface area (Å²) < 4.78 is 38.2. The van der Waals surface area contributed by atoms with E-state index in [2.05, 4.69) is 15.6 Å². The normalized spacial score (nSPS) is 18.9. The highest BCUT2D eigenvalue weighted by molar-refractivity contribution is 7.92. The topological polar surface area (TPSA) is 90.5 Å². The molecule has 3 N–H and O–H groups in total. The minimum Gasteiger partial charge on any atom is -0.342 e. The Balaban J connectivity index is 1.47. The number of hydrogen-bond donors (Lipinski definition) is 3. The van der Waals surface area contributed by atoms with Gasteiger partial charge in [0.15, 0.2) is 0 Å². The molecule has 0 saturated carbocycles. The minimum absolute atomic E-state index is 0.139. The van der Waals surface area contributed by atoms with Crippen LogP contribution in [0.2, 0.25) is 0 Å². The van der Waals surface area contributed by atoms with Crippen LogP contribution in [0.25, 0.3) is 0 Å². The third kappa shape index (κ3) is 6.25. The van der Waals surface area contributed by atoms with Crippen molar-refractivity contribution in [1.82, 2.24) is 15.8 Å². The van der Waals surface area contributed by atoms with Gasteiger partial charge in [-0.15, -0.1) is 0 Å². The van der Waals surface area contributed by atoms with Crippen molar-refractivity contribution in [2.75, 3.05) is 24.6 Å². The molecule has 9 heteroatoms. The Kier molecular flexibility index (Phi) is 7.06. The maximum atomic E-state index is 13.1. The van der Waals surface area contributed by atoms with Gasteiger partial charge in [0.2, 0.25) is 10.0 Å². The summed E-state index contributed by atoms with van der Waals surface area (Å²) in [6.07, 6.45) is 3.67. The molecule has 0 spiro atoms. The van der Waals surface area contributed by atoms with Gasteiger partial charge in [0.05, 0.1) is 6.26 Å². The molecule has 162 valence electrons. The zero-order valence-electron chi connectivity index (χ0n) is 17.1. The summed E-state index contributed by atoms with van der Waals surface area (Å²) >= 11 is 0. The second-order valence-corrected chi connectivity index (χ2v) is 9.40. The molecule has 2 aromatic rings. The predicted molar refractivity (Wildman–Crippen MR) is 115 cm³/mol. The number of anilines is 1. The Morgan fingerprint density at radius 1 is 1.20 bits per heavy atom. The number of nitrogens with one attached hydrogen (secondary N) is 3. The van der Waals surface area contributed by atoms with Crippen molar-refractivity contribution in [3.63, 3.8) is 0 Å². The van der Waals surface area contributed by atoms with E-state index in [1.54, 1.807) is 42.3 Å². The fourth-order valence-corrected chi connectivity index (χ4v) is 4.11. The highest BCUT2D eigenvalue weighted by atomic mass is 32.2. The molecule has 1 heterocycles. The average molecular weight is 435 g/mol. The molecule has 7 nitrogen and oxygen atoms in total. The van der Waals surface area contributed by atoms with Gasteiger partial charge in [-0.05, 0) is 55.2 Å². The minimum atomic E-state index is -3.40. The van der Waals surface area contributed by atoms with Crippen molar-refractivity contribution in [2.45, 2.75) is 31.3 Å². The molecule has 0 radical (unpaired) electrons. The number of benzene rings is 2. The molecular weight excluding hydrogens is 407 g/mol. The summed E-state index contributed by atoms with van der Waals surface area (Å²) in [5, 5.41) is 0. The Morgan fingerprint density at radius 2 is 1.93 bits per heavy atom. The SMILES string of the molecule is CN(CCCC1CC(c2ccc(F)cc2)NN1)C(=O)c1cccc(NS(C)(=O)=O)c1. The number of carbonyl (C=O) groups excluding carboxylic acids is 1. The second-order valence-electron chi connectivity index (χ2n) is 7.65. The van der Waals surface area contributed by atoms with Crippen molar-refractivity contribution in [2.24, 2.45) is 0 Å². The lowest BCUT2D eigenvalue weighted by atomic mass is 9.99. The summed E-state index contributed by atoms with van der Waals surface area (Å²) in [5.74, 6) is -0.402. The van der Waals surface area contributed by atoms with Crippen LogP contribution in [0.4, 0.5) is 10.1 Å². The number of halogens is 1. The quantitative estimate of drug-likeness (QED) is 0.594. The third-order valence-corrected chi connectivity index (χ3v) is 5.67. The lowest BCUT2D eigenvalue weighted by Crippen LogP contribution is -2.32. The Morgan fingerprint density at radius 3 is 2.63 bits per heavy atom. The Hall–Kier alpha value is -2.49. The van der Waals surface area contributed by atoms with Crippen LogP contribution in [0.5, 0.6) is 0 Å². The highest BCUT2D eigenvalue weighted by Crippen LogP contribution is 2.24. The zero-order valence-corrected chi connectivity index (χ0v) is 17.9. The van der Waals surface area contributed by atoms with E-state index >= 15 is 0 Å². The van der Waals surface area contributed by atoms with Crippen LogP contribution < -0.4 is 15.6 Å². The first-order chi connectivity index (χ1) is 14.2. The van der Waals surface area contributed by atoms with Crippen LogP contribution >= 0.6 is 0 Å². The molecule has 1 fully saturated rings. The summed E-state index contributed by atoms with van der Waals surface area (Å²) in [6.45, 7) is 0.585. The molecule has 0 aliphatic carbocycles. The van der Waals surface area contributed by atoms with Crippen LogP contribution in [0.1, 0.15) is 41.2 Å². The highest BCUT2D eigenvalue weighted by Gasteiger charge is 2.24. The summed E-state index contributed by atoms with van der Waals surface area (Å²) in [4.78, 5) is 14.3. The van der Waals surface area contributed by atoms with Crippen LogP contribution in [-0.4, -0.2) is 45.1 Å². The molecule has 1 aliphatic heterocycles. The molecular formula is C21H27FN4O3S. The van der Waals surface area contributed by atoms with E-state index in [1.807, 2.05) is 0 Å². The first-order valence-corrected chi connectivity index (χ1v) is 11.7. The number of sulfonamides is 1. The van der Waals surface area contributed by atoms with Crippen molar-refractivity contribution < 1.29 is 17.6 Å². The summed E-state index contributed by atoms with van der Waals surface area (Å²) in [6, 6.07) is 13.4. The van der Waals surface area contributed by atoms with Gasteiger partial charge in [-0.1, -0.05) is 18.2 Å². The first-order valence-electron chi connectivity index (χ1n) is 9.81. The number of nitrogens with zero attached hydrogens (tertiary/aromatic N) is 1. The van der Waals surface area contributed by atoms with Crippen LogP contribution in [0, 0.1) is 5.82 Å². The van der Waals surface area contributed by atoms with Gasteiger partial charge in [-0.2, -0.15) is 0 Å². The fraction of sp³-hybridized carbons (Fsp3) is 0.381. The largest absolute Gasteiger partial charge is 0.342 e. The molecule has 1 aliphatic rings. The molecule has 2 unspecified atom stereocenters. The molecule has 30 heavy (non-hydrogen) atoms. The molecule has 3 rings (SSSR count). The maximum Gasteiger partial charge on any atom is 0.253 e. The maximum absolute atomic E-state index is 13.1. The number of carbonyl (C=O) groups is 1. The number of rotatable bonds is 8. The van der Waals surface area contributed by atoms with E-state index in [1.165, 1.54) is 18.2 Å². The molecule has 1 saturated heterocycles. The van der Waals surface area contributed by atoms with Gasteiger partial charge in [-0.3, -0.25) is 20.4 Å². The summed E-state index contributed by atoms with van der Waals surface area (Å²) in [5.41, 5.74) is 8.36. The third-order valence-electron chi connectivity index (χ3n) is 5.06. The fourth-order valence-electron chi connectivity index (χ4n) is 3.55. The number of hydrazine groups is 1. The first kappa shape index (κ1) is 22.2. The van der Waals surface area contributed by atoms with Crippen LogP contribution in [-0.2, 0) is 10.0 Å². The Labute approximate surface area is 176 Å². The van der Waals surface area contributed by atoms with E-state index in [-0.39, 0.29) is 23.8 Å². The molecule has 1 amide bonds. The smallest absolute Gasteiger partial charge is 0.253 e. The standard InChI is InChI=1S/C21H27FN4O3S/c1-26(21(27)16-5-3-6-19(13-16)25-30(2,28)29)12-4-7-18-14-20(24-23-18)15-8-10-17(22)11-9-15/h3,5-6,8-11,13,18,20,23-25H,4,7,12,14H2,1-2H3. The number of hydrogen-bond acceptors (Lipinski definition) is 5. The van der Waals surface area contributed by atoms with E-state index in [0.29, 0.717) is 17.8 Å². The van der Waals surface area contributed by atoms with Gasteiger partial charge >= 0.3 is 0 Å². The van der Waals surface area contributed by atoms with Gasteiger partial charge in [0.25, 0.3) is 5.91 Å². The molecule has 0 aromatic heterocycles. The van der Waals surface area contributed by atoms with E-state index in [0.717, 1.165) is 31.1 Å². The van der Waals surface area contributed by atoms with E-state index in [4.69, 9.17) is 0 Å². The van der Waals surface area contributed by atoms with Crippen molar-refractivity contribution in [3.05, 3.63) is 65.5 Å². The second kappa shape index (κ2) is 9.55. The van der Waals surface area contributed by atoms with Crippen molar-refractivity contribution in [1.29, 1.82) is 0 Å². The lowest BCUT2D eigenvalue weighted by Gasteiger charge is -2.19. The molecule has 0 bridgehead atoms. The average Bonchev–Trinajstić information content (AvgIpc) is 3.15. The van der Waals surface area contributed by atoms with E-state index < -0.39 is 10.0 Å². The van der Waals surface area contributed by atoms with Gasteiger partial charge in [0.1, 0.15) is 5.82 Å². The van der Waals surface area contributed by atoms with Crippen molar-refractivity contribution in [3.8, 4) is 0 Å². The van der Waals surface area contributed by atoms with Gasteiger partial charge in [0, 0.05) is 36.9 Å².